The van der Waals surface area contributed by atoms with Crippen molar-refractivity contribution in [3.05, 3.63) is 66.2 Å². The number of hydrogen-bond donors (Lipinski definition) is 0. The number of rotatable bonds is 5. The molecule has 0 unspecified atom stereocenters. The van der Waals surface area contributed by atoms with E-state index in [9.17, 15) is 4.79 Å². The second kappa shape index (κ2) is 6.95. The summed E-state index contributed by atoms with van der Waals surface area (Å²) >= 11 is 0. The third-order valence-corrected chi connectivity index (χ3v) is 4.28. The fourth-order valence-corrected chi connectivity index (χ4v) is 2.91. The molecule has 0 aliphatic heterocycles. The lowest BCUT2D eigenvalue weighted by Crippen LogP contribution is -2.11. The minimum absolute atomic E-state index is 0.377. The number of para-hydroxylation sites is 2. The number of carbonyl (C=O) groups is 1. The zero-order valence-corrected chi connectivity index (χ0v) is 14.9. The highest BCUT2D eigenvalue weighted by molar-refractivity contribution is 5.87. The molecule has 0 saturated heterocycles. The lowest BCUT2D eigenvalue weighted by Gasteiger charge is -2.12. The highest BCUT2D eigenvalue weighted by atomic mass is 16.5. The summed E-state index contributed by atoms with van der Waals surface area (Å²) in [5.74, 6) is 0.757. The topological polar surface area (TPSA) is 79.4 Å². The third-order valence-electron chi connectivity index (χ3n) is 4.28. The molecule has 27 heavy (non-hydrogen) atoms. The number of hydrogen-bond acceptors (Lipinski definition) is 6. The first-order valence-corrected chi connectivity index (χ1v) is 8.31. The molecule has 4 aromatic rings. The van der Waals surface area contributed by atoms with Crippen LogP contribution in [0.25, 0.3) is 22.6 Å². The Hall–Kier alpha value is -3.61. The Bertz CT molecular complexity index is 1080. The number of fused-ring (bicyclic) bond motifs is 1. The van der Waals surface area contributed by atoms with Crippen LogP contribution in [-0.2, 0) is 11.3 Å². The van der Waals surface area contributed by atoms with Crippen LogP contribution in [0.3, 0.4) is 0 Å². The van der Waals surface area contributed by atoms with E-state index >= 15 is 0 Å². The Labute approximate surface area is 155 Å². The highest BCUT2D eigenvalue weighted by Crippen LogP contribution is 2.29. The molecular formula is C20H17N3O4. The van der Waals surface area contributed by atoms with Crippen molar-refractivity contribution in [3.63, 3.8) is 0 Å². The van der Waals surface area contributed by atoms with Gasteiger partial charge in [-0.25, -0.2) is 14.8 Å². The van der Waals surface area contributed by atoms with E-state index in [1.165, 1.54) is 13.3 Å². The van der Waals surface area contributed by atoms with Crippen LogP contribution in [0.4, 0.5) is 0 Å². The summed E-state index contributed by atoms with van der Waals surface area (Å²) in [6, 6.07) is 13.3. The molecule has 2 heterocycles. The predicted octanol–water partition coefficient (Wildman–Crippen LogP) is 3.53. The lowest BCUT2D eigenvalue weighted by molar-refractivity contribution is 0.0589. The maximum atomic E-state index is 11.8. The maximum absolute atomic E-state index is 11.8. The predicted molar refractivity (Wildman–Crippen MR) is 98.7 cm³/mol. The van der Waals surface area contributed by atoms with Crippen LogP contribution in [0, 0.1) is 0 Å². The van der Waals surface area contributed by atoms with Gasteiger partial charge in [0.25, 0.3) is 0 Å². The Morgan fingerprint density at radius 3 is 2.81 bits per heavy atom. The number of benzene rings is 2. The van der Waals surface area contributed by atoms with Crippen molar-refractivity contribution in [2.45, 2.75) is 6.54 Å². The van der Waals surface area contributed by atoms with Crippen LogP contribution in [-0.4, -0.2) is 34.7 Å². The smallest absolute Gasteiger partial charge is 0.356 e. The lowest BCUT2D eigenvalue weighted by atomic mass is 10.1. The Morgan fingerprint density at radius 1 is 1.19 bits per heavy atom. The molecule has 0 atom stereocenters. The number of aromatic nitrogens is 3. The molecule has 0 aliphatic rings. The molecule has 136 valence electrons. The van der Waals surface area contributed by atoms with Gasteiger partial charge in [0.15, 0.2) is 5.58 Å². The first kappa shape index (κ1) is 16.8. The van der Waals surface area contributed by atoms with Gasteiger partial charge in [-0.3, -0.25) is 0 Å². The first-order chi connectivity index (χ1) is 13.2. The highest BCUT2D eigenvalue weighted by Gasteiger charge is 2.15. The van der Waals surface area contributed by atoms with Crippen molar-refractivity contribution in [2.24, 2.45) is 0 Å². The van der Waals surface area contributed by atoms with Gasteiger partial charge in [0, 0.05) is 11.1 Å². The molecule has 0 radical (unpaired) electrons. The molecule has 7 nitrogen and oxygen atoms in total. The summed E-state index contributed by atoms with van der Waals surface area (Å²) in [6.45, 7) is 0.418. The van der Waals surface area contributed by atoms with Crippen molar-refractivity contribution in [1.82, 2.24) is 14.5 Å². The summed E-state index contributed by atoms with van der Waals surface area (Å²) in [6.07, 6.45) is 3.06. The number of nitrogens with zero attached hydrogens (tertiary/aromatic N) is 3. The second-order valence-electron chi connectivity index (χ2n) is 5.91. The van der Waals surface area contributed by atoms with E-state index < -0.39 is 5.97 Å². The van der Waals surface area contributed by atoms with Gasteiger partial charge in [-0.05, 0) is 24.3 Å². The van der Waals surface area contributed by atoms with Crippen LogP contribution in [0.15, 0.2) is 59.4 Å². The summed E-state index contributed by atoms with van der Waals surface area (Å²) in [4.78, 5) is 20.4. The fourth-order valence-electron chi connectivity index (χ4n) is 2.91. The van der Waals surface area contributed by atoms with E-state index in [1.54, 1.807) is 18.0 Å². The normalized spacial score (nSPS) is 10.9. The molecule has 4 rings (SSSR count). The molecular weight excluding hydrogens is 346 g/mol. The monoisotopic (exact) mass is 363 g/mol. The largest absolute Gasteiger partial charge is 0.496 e. The van der Waals surface area contributed by atoms with Gasteiger partial charge < -0.3 is 18.5 Å². The van der Waals surface area contributed by atoms with Crippen LogP contribution in [0.5, 0.6) is 5.75 Å². The zero-order chi connectivity index (χ0) is 18.8. The summed E-state index contributed by atoms with van der Waals surface area (Å²) in [5.41, 5.74) is 3.61. The number of imidazole rings is 1. The minimum atomic E-state index is -0.436. The van der Waals surface area contributed by atoms with Crippen LogP contribution < -0.4 is 4.74 Å². The zero-order valence-electron chi connectivity index (χ0n) is 14.9. The molecule has 0 bridgehead atoms. The summed E-state index contributed by atoms with van der Waals surface area (Å²) in [7, 11) is 2.94. The third kappa shape index (κ3) is 3.15. The SMILES string of the molecule is COC(=O)c1cncn1Cc1ccc(-c2nc3ccccc3o2)cc1OC. The van der Waals surface area contributed by atoms with Gasteiger partial charge in [0.1, 0.15) is 17.0 Å². The van der Waals surface area contributed by atoms with Crippen LogP contribution in [0.1, 0.15) is 16.1 Å². The number of esters is 1. The van der Waals surface area contributed by atoms with Crippen molar-refractivity contribution < 1.29 is 18.7 Å². The molecule has 0 amide bonds. The van der Waals surface area contributed by atoms with E-state index in [4.69, 9.17) is 13.9 Å². The van der Waals surface area contributed by atoms with E-state index in [0.29, 0.717) is 23.9 Å². The molecule has 0 N–H and O–H groups in total. The van der Waals surface area contributed by atoms with Crippen molar-refractivity contribution in [2.75, 3.05) is 14.2 Å². The molecule has 0 fully saturated rings. The maximum Gasteiger partial charge on any atom is 0.356 e. The molecule has 2 aromatic heterocycles. The van der Waals surface area contributed by atoms with Gasteiger partial charge in [-0.1, -0.05) is 18.2 Å². The van der Waals surface area contributed by atoms with E-state index in [2.05, 4.69) is 9.97 Å². The number of ether oxygens (including phenoxy) is 2. The van der Waals surface area contributed by atoms with Gasteiger partial charge in [-0.2, -0.15) is 0 Å². The average Bonchev–Trinajstić information content (AvgIpc) is 3.34. The van der Waals surface area contributed by atoms with Gasteiger partial charge in [-0.15, -0.1) is 0 Å². The molecule has 0 aliphatic carbocycles. The van der Waals surface area contributed by atoms with E-state index in [1.807, 2.05) is 42.5 Å². The number of oxazole rings is 1. The standard InChI is InChI=1S/C20H17N3O4/c1-25-18-9-13(19-22-15-5-3-4-6-17(15)27-19)7-8-14(18)11-23-12-21-10-16(23)20(24)26-2/h3-10,12H,11H2,1-2H3. The number of carbonyl (C=O) groups excluding carboxylic acids is 1. The van der Waals surface area contributed by atoms with Crippen LogP contribution >= 0.6 is 0 Å². The van der Waals surface area contributed by atoms with E-state index in [-0.39, 0.29) is 0 Å². The fraction of sp³-hybridized carbons (Fsp3) is 0.150. The first-order valence-electron chi connectivity index (χ1n) is 8.31. The Morgan fingerprint density at radius 2 is 2.04 bits per heavy atom. The number of methoxy groups -OCH3 is 2. The van der Waals surface area contributed by atoms with Crippen molar-refractivity contribution >= 4 is 17.1 Å². The van der Waals surface area contributed by atoms with Crippen LogP contribution in [0.2, 0.25) is 0 Å². The Balaban J connectivity index is 1.68. The van der Waals surface area contributed by atoms with Crippen molar-refractivity contribution in [3.8, 4) is 17.2 Å². The molecule has 2 aromatic carbocycles. The molecule has 7 heteroatoms. The van der Waals surface area contributed by atoms with Gasteiger partial charge >= 0.3 is 5.97 Å². The average molecular weight is 363 g/mol. The second-order valence-corrected chi connectivity index (χ2v) is 5.91. The summed E-state index contributed by atoms with van der Waals surface area (Å²) < 4.78 is 17.9. The van der Waals surface area contributed by atoms with E-state index in [0.717, 1.165) is 22.2 Å². The Kier molecular flexibility index (Phi) is 4.33. The molecule has 0 saturated carbocycles. The van der Waals surface area contributed by atoms with Crippen molar-refractivity contribution in [1.29, 1.82) is 0 Å². The molecule has 0 spiro atoms. The minimum Gasteiger partial charge on any atom is -0.496 e. The van der Waals surface area contributed by atoms with Gasteiger partial charge in [0.2, 0.25) is 5.89 Å². The quantitative estimate of drug-likeness (QED) is 0.505. The summed E-state index contributed by atoms with van der Waals surface area (Å²) in [5, 5.41) is 0. The van der Waals surface area contributed by atoms with Gasteiger partial charge in [0.05, 0.1) is 33.3 Å².